The van der Waals surface area contributed by atoms with Crippen LogP contribution in [0.5, 0.6) is 5.75 Å². The van der Waals surface area contributed by atoms with E-state index in [1.165, 1.54) is 25.7 Å². The highest BCUT2D eigenvalue weighted by atomic mass is 127. The minimum absolute atomic E-state index is 0. The van der Waals surface area contributed by atoms with Gasteiger partial charge in [0, 0.05) is 25.7 Å². The van der Waals surface area contributed by atoms with Crippen LogP contribution in [-0.4, -0.2) is 37.6 Å². The lowest BCUT2D eigenvalue weighted by Gasteiger charge is -2.28. The molecular formula is C21H33IN4O2. The van der Waals surface area contributed by atoms with Crippen LogP contribution in [0.4, 0.5) is 0 Å². The van der Waals surface area contributed by atoms with Crippen molar-refractivity contribution in [2.75, 3.05) is 13.7 Å². The quantitative estimate of drug-likeness (QED) is 0.306. The maximum atomic E-state index is 11.7. The van der Waals surface area contributed by atoms with Gasteiger partial charge in [0.25, 0.3) is 5.91 Å². The summed E-state index contributed by atoms with van der Waals surface area (Å²) in [6, 6.07) is 8.70. The molecule has 0 spiro atoms. The van der Waals surface area contributed by atoms with Crippen molar-refractivity contribution < 1.29 is 9.53 Å². The van der Waals surface area contributed by atoms with Crippen LogP contribution in [0.3, 0.4) is 0 Å². The van der Waals surface area contributed by atoms with E-state index in [2.05, 4.69) is 27.9 Å². The van der Waals surface area contributed by atoms with E-state index in [0.717, 1.165) is 30.3 Å². The van der Waals surface area contributed by atoms with Crippen LogP contribution in [0, 0.1) is 5.92 Å². The summed E-state index contributed by atoms with van der Waals surface area (Å²) in [5.41, 5.74) is 1.09. The number of hydrogen-bond acceptors (Lipinski definition) is 3. The first-order valence-electron chi connectivity index (χ1n) is 10.1. The molecule has 28 heavy (non-hydrogen) atoms. The first kappa shape index (κ1) is 22.8. The lowest BCUT2D eigenvalue weighted by molar-refractivity contribution is -0.123. The van der Waals surface area contributed by atoms with Gasteiger partial charge in [-0.15, -0.1) is 24.0 Å². The van der Waals surface area contributed by atoms with Crippen molar-refractivity contribution in [3.05, 3.63) is 29.8 Å². The zero-order valence-electron chi connectivity index (χ0n) is 16.9. The minimum atomic E-state index is -0.0487. The monoisotopic (exact) mass is 500 g/mol. The van der Waals surface area contributed by atoms with E-state index in [4.69, 9.17) is 4.74 Å². The van der Waals surface area contributed by atoms with Gasteiger partial charge in [-0.05, 0) is 62.1 Å². The van der Waals surface area contributed by atoms with Gasteiger partial charge in [-0.3, -0.25) is 9.79 Å². The van der Waals surface area contributed by atoms with E-state index in [1.807, 2.05) is 24.3 Å². The van der Waals surface area contributed by atoms with E-state index in [9.17, 15) is 4.79 Å². The first-order chi connectivity index (χ1) is 13.1. The SMILES string of the molecule is CN=C(NCc1cccc(OCC(=O)NC2CC2)c1)NC1CCC(C)CC1.I. The fourth-order valence-electron chi connectivity index (χ4n) is 3.37. The van der Waals surface area contributed by atoms with Crippen LogP contribution in [0.25, 0.3) is 0 Å². The Labute approximate surface area is 185 Å². The van der Waals surface area contributed by atoms with E-state index in [0.29, 0.717) is 24.4 Å². The summed E-state index contributed by atoms with van der Waals surface area (Å²) in [6.07, 6.45) is 7.14. The molecule has 6 nitrogen and oxygen atoms in total. The van der Waals surface area contributed by atoms with Crippen LogP contribution in [0.15, 0.2) is 29.3 Å². The molecule has 2 fully saturated rings. The summed E-state index contributed by atoms with van der Waals surface area (Å²) in [4.78, 5) is 16.1. The van der Waals surface area contributed by atoms with Crippen LogP contribution in [-0.2, 0) is 11.3 Å². The predicted octanol–water partition coefficient (Wildman–Crippen LogP) is 3.21. The van der Waals surface area contributed by atoms with Crippen LogP contribution in [0.1, 0.15) is 51.0 Å². The summed E-state index contributed by atoms with van der Waals surface area (Å²) in [6.45, 7) is 3.05. The molecule has 0 bridgehead atoms. The number of hydrogen-bond donors (Lipinski definition) is 3. The zero-order chi connectivity index (χ0) is 19.1. The second-order valence-electron chi connectivity index (χ2n) is 7.80. The first-order valence-corrected chi connectivity index (χ1v) is 10.1. The van der Waals surface area contributed by atoms with Gasteiger partial charge in [0.05, 0.1) is 0 Å². The molecule has 1 aromatic carbocycles. The Morgan fingerprint density at radius 3 is 2.46 bits per heavy atom. The number of halogens is 1. The molecule has 2 saturated carbocycles. The Hall–Kier alpha value is -1.51. The van der Waals surface area contributed by atoms with E-state index < -0.39 is 0 Å². The van der Waals surface area contributed by atoms with Gasteiger partial charge in [-0.25, -0.2) is 0 Å². The fourth-order valence-corrected chi connectivity index (χ4v) is 3.37. The second kappa shape index (κ2) is 11.5. The van der Waals surface area contributed by atoms with Gasteiger partial charge in [0.1, 0.15) is 5.75 Å². The minimum Gasteiger partial charge on any atom is -0.484 e. The molecule has 3 N–H and O–H groups in total. The number of amides is 1. The molecule has 0 unspecified atom stereocenters. The van der Waals surface area contributed by atoms with Crippen molar-refractivity contribution in [3.63, 3.8) is 0 Å². The van der Waals surface area contributed by atoms with Gasteiger partial charge >= 0.3 is 0 Å². The predicted molar refractivity (Wildman–Crippen MR) is 123 cm³/mol. The molecule has 3 rings (SSSR count). The third kappa shape index (κ3) is 7.85. The van der Waals surface area contributed by atoms with E-state index in [1.54, 1.807) is 7.05 Å². The molecule has 0 radical (unpaired) electrons. The van der Waals surface area contributed by atoms with Crippen LogP contribution >= 0.6 is 24.0 Å². The summed E-state index contributed by atoms with van der Waals surface area (Å²) in [5.74, 6) is 2.34. The van der Waals surface area contributed by atoms with Gasteiger partial charge in [-0.1, -0.05) is 19.1 Å². The highest BCUT2D eigenvalue weighted by molar-refractivity contribution is 14.0. The molecule has 2 aliphatic carbocycles. The fraction of sp³-hybridized carbons (Fsp3) is 0.619. The second-order valence-corrected chi connectivity index (χ2v) is 7.80. The van der Waals surface area contributed by atoms with Crippen molar-refractivity contribution in [2.45, 2.75) is 64.1 Å². The number of carbonyl (C=O) groups excluding carboxylic acids is 1. The average Bonchev–Trinajstić information content (AvgIpc) is 3.49. The molecule has 0 atom stereocenters. The Balaban J connectivity index is 0.00000280. The normalized spacial score (nSPS) is 22.0. The number of guanidine groups is 1. The van der Waals surface area contributed by atoms with Crippen LogP contribution < -0.4 is 20.7 Å². The molecule has 1 aromatic rings. The summed E-state index contributed by atoms with van der Waals surface area (Å²) < 4.78 is 5.62. The van der Waals surface area contributed by atoms with Crippen molar-refractivity contribution in [2.24, 2.45) is 10.9 Å². The van der Waals surface area contributed by atoms with E-state index >= 15 is 0 Å². The van der Waals surface area contributed by atoms with Gasteiger partial charge in [0.15, 0.2) is 12.6 Å². The third-order valence-corrected chi connectivity index (χ3v) is 5.25. The maximum Gasteiger partial charge on any atom is 0.258 e. The van der Waals surface area contributed by atoms with Gasteiger partial charge < -0.3 is 20.7 Å². The molecular weight excluding hydrogens is 467 g/mol. The number of nitrogens with zero attached hydrogens (tertiary/aromatic N) is 1. The number of nitrogens with one attached hydrogen (secondary N) is 3. The van der Waals surface area contributed by atoms with E-state index in [-0.39, 0.29) is 36.5 Å². The molecule has 0 aromatic heterocycles. The van der Waals surface area contributed by atoms with Crippen molar-refractivity contribution in [1.82, 2.24) is 16.0 Å². The Morgan fingerprint density at radius 1 is 1.11 bits per heavy atom. The van der Waals surface area contributed by atoms with Crippen molar-refractivity contribution in [1.29, 1.82) is 0 Å². The van der Waals surface area contributed by atoms with Crippen molar-refractivity contribution in [3.8, 4) is 5.75 Å². The molecule has 0 saturated heterocycles. The number of rotatable bonds is 7. The Kier molecular flexibility index (Phi) is 9.34. The highest BCUT2D eigenvalue weighted by Gasteiger charge is 2.23. The molecule has 2 aliphatic rings. The highest BCUT2D eigenvalue weighted by Crippen LogP contribution is 2.23. The molecule has 7 heteroatoms. The summed E-state index contributed by atoms with van der Waals surface area (Å²) >= 11 is 0. The van der Waals surface area contributed by atoms with Gasteiger partial charge in [0.2, 0.25) is 0 Å². The standard InChI is InChI=1S/C21H32N4O2.HI/c1-15-6-8-18(9-7-15)25-21(22-2)23-13-16-4-3-5-19(12-16)27-14-20(26)24-17-10-11-17;/h3-5,12,15,17-18H,6-11,13-14H2,1-2H3,(H,24,26)(H2,22,23,25);1H. The lowest BCUT2D eigenvalue weighted by atomic mass is 9.87. The maximum absolute atomic E-state index is 11.7. The summed E-state index contributed by atoms with van der Waals surface area (Å²) in [5, 5.41) is 9.83. The Morgan fingerprint density at radius 2 is 1.79 bits per heavy atom. The average molecular weight is 500 g/mol. The molecule has 1 amide bonds. The molecule has 0 aliphatic heterocycles. The molecule has 0 heterocycles. The third-order valence-electron chi connectivity index (χ3n) is 5.25. The van der Waals surface area contributed by atoms with Gasteiger partial charge in [-0.2, -0.15) is 0 Å². The van der Waals surface area contributed by atoms with Crippen LogP contribution in [0.2, 0.25) is 0 Å². The largest absolute Gasteiger partial charge is 0.484 e. The summed E-state index contributed by atoms with van der Waals surface area (Å²) in [7, 11) is 1.80. The van der Waals surface area contributed by atoms with Crippen molar-refractivity contribution >= 4 is 35.8 Å². The zero-order valence-corrected chi connectivity index (χ0v) is 19.2. The lowest BCUT2D eigenvalue weighted by Crippen LogP contribution is -2.44. The smallest absolute Gasteiger partial charge is 0.258 e. The number of ether oxygens (including phenoxy) is 1. The number of benzene rings is 1. The Bertz CT molecular complexity index is 656. The molecule has 156 valence electrons. The number of carbonyl (C=O) groups is 1. The number of aliphatic imine (C=N–C) groups is 1. The topological polar surface area (TPSA) is 74.8 Å².